The van der Waals surface area contributed by atoms with Crippen LogP contribution in [-0.4, -0.2) is 28.0 Å². The number of oxazole rings is 1. The molecule has 0 radical (unpaired) electrons. The van der Waals surface area contributed by atoms with Crippen LogP contribution in [0.5, 0.6) is 0 Å². The Morgan fingerprint density at radius 2 is 1.82 bits per heavy atom. The van der Waals surface area contributed by atoms with Gasteiger partial charge in [0.05, 0.1) is 5.69 Å². The van der Waals surface area contributed by atoms with Crippen molar-refractivity contribution in [3.05, 3.63) is 71.1 Å². The molecular weight excluding hydrogens is 366 g/mol. The molecular formula is C23H23N3OS. The first-order chi connectivity index (χ1) is 13.7. The summed E-state index contributed by atoms with van der Waals surface area (Å²) in [6.45, 7) is 5.14. The van der Waals surface area contributed by atoms with Crippen LogP contribution in [0, 0.1) is 6.92 Å². The SMILES string of the molecule is Cc1ccc(-c2nc(CN3CCC(c4nc5ccccc5o4)CC3)cs2)cc1. The lowest BCUT2D eigenvalue weighted by atomic mass is 9.97. The minimum atomic E-state index is 0.419. The molecule has 28 heavy (non-hydrogen) atoms. The van der Waals surface area contributed by atoms with E-state index in [-0.39, 0.29) is 0 Å². The molecule has 2 aromatic carbocycles. The zero-order valence-corrected chi connectivity index (χ0v) is 16.8. The zero-order valence-electron chi connectivity index (χ0n) is 16.0. The smallest absolute Gasteiger partial charge is 0.198 e. The van der Waals surface area contributed by atoms with E-state index in [4.69, 9.17) is 14.4 Å². The Hall–Kier alpha value is -2.50. The molecule has 0 atom stereocenters. The number of hydrogen-bond donors (Lipinski definition) is 0. The van der Waals surface area contributed by atoms with E-state index in [2.05, 4.69) is 41.5 Å². The number of likely N-dealkylation sites (tertiary alicyclic amines) is 1. The van der Waals surface area contributed by atoms with Gasteiger partial charge >= 0.3 is 0 Å². The molecule has 4 aromatic rings. The van der Waals surface area contributed by atoms with Gasteiger partial charge in [0, 0.05) is 23.4 Å². The van der Waals surface area contributed by atoms with Crippen molar-refractivity contribution in [3.8, 4) is 10.6 Å². The molecule has 142 valence electrons. The summed E-state index contributed by atoms with van der Waals surface area (Å²) >= 11 is 1.73. The predicted molar refractivity (Wildman–Crippen MR) is 114 cm³/mol. The maximum atomic E-state index is 5.98. The Kier molecular flexibility index (Phi) is 4.71. The topological polar surface area (TPSA) is 42.2 Å². The first-order valence-corrected chi connectivity index (χ1v) is 10.7. The van der Waals surface area contributed by atoms with Crippen molar-refractivity contribution in [3.63, 3.8) is 0 Å². The van der Waals surface area contributed by atoms with E-state index in [1.807, 2.05) is 24.3 Å². The van der Waals surface area contributed by atoms with Crippen LogP contribution < -0.4 is 0 Å². The third-order valence-corrected chi connectivity index (χ3v) is 6.42. The second-order valence-electron chi connectivity index (χ2n) is 7.58. The van der Waals surface area contributed by atoms with Crippen LogP contribution in [0.25, 0.3) is 21.7 Å². The van der Waals surface area contributed by atoms with E-state index < -0.39 is 0 Å². The maximum absolute atomic E-state index is 5.98. The number of rotatable bonds is 4. The van der Waals surface area contributed by atoms with Gasteiger partial charge in [0.2, 0.25) is 0 Å². The van der Waals surface area contributed by atoms with Crippen molar-refractivity contribution < 1.29 is 4.42 Å². The number of para-hydroxylation sites is 2. The second-order valence-corrected chi connectivity index (χ2v) is 8.44. The Bertz CT molecular complexity index is 1040. The Balaban J connectivity index is 1.21. The zero-order chi connectivity index (χ0) is 18.9. The van der Waals surface area contributed by atoms with Crippen molar-refractivity contribution >= 4 is 22.4 Å². The number of hydrogen-bond acceptors (Lipinski definition) is 5. The first kappa shape index (κ1) is 17.6. The van der Waals surface area contributed by atoms with E-state index in [0.29, 0.717) is 5.92 Å². The Morgan fingerprint density at radius 1 is 1.04 bits per heavy atom. The molecule has 3 heterocycles. The fraction of sp³-hybridized carbons (Fsp3) is 0.304. The quantitative estimate of drug-likeness (QED) is 0.453. The van der Waals surface area contributed by atoms with Gasteiger partial charge in [-0.1, -0.05) is 42.0 Å². The monoisotopic (exact) mass is 389 g/mol. The van der Waals surface area contributed by atoms with E-state index in [0.717, 1.165) is 54.5 Å². The van der Waals surface area contributed by atoms with Crippen molar-refractivity contribution in [1.29, 1.82) is 0 Å². The summed E-state index contributed by atoms with van der Waals surface area (Å²) in [7, 11) is 0. The van der Waals surface area contributed by atoms with Crippen molar-refractivity contribution in [2.45, 2.75) is 32.2 Å². The fourth-order valence-corrected chi connectivity index (χ4v) is 4.66. The summed E-state index contributed by atoms with van der Waals surface area (Å²) in [5.74, 6) is 1.32. The predicted octanol–water partition coefficient (Wildman–Crippen LogP) is 5.64. The fourth-order valence-electron chi connectivity index (χ4n) is 3.84. The highest BCUT2D eigenvalue weighted by molar-refractivity contribution is 7.13. The number of benzene rings is 2. The van der Waals surface area contributed by atoms with Crippen LogP contribution in [0.4, 0.5) is 0 Å². The van der Waals surface area contributed by atoms with E-state index in [9.17, 15) is 0 Å². The molecule has 5 heteroatoms. The van der Waals surface area contributed by atoms with Crippen LogP contribution in [0.15, 0.2) is 58.3 Å². The first-order valence-electron chi connectivity index (χ1n) is 9.84. The van der Waals surface area contributed by atoms with Gasteiger partial charge in [-0.2, -0.15) is 0 Å². The number of piperidine rings is 1. The van der Waals surface area contributed by atoms with Crippen LogP contribution in [0.2, 0.25) is 0 Å². The minimum Gasteiger partial charge on any atom is -0.440 e. The average molecular weight is 390 g/mol. The Labute approximate surface area is 168 Å². The van der Waals surface area contributed by atoms with Crippen molar-refractivity contribution in [2.75, 3.05) is 13.1 Å². The van der Waals surface area contributed by atoms with Gasteiger partial charge in [0.1, 0.15) is 10.5 Å². The average Bonchev–Trinajstić information content (AvgIpc) is 3.36. The molecule has 0 unspecified atom stereocenters. The molecule has 0 aliphatic carbocycles. The molecule has 1 fully saturated rings. The largest absolute Gasteiger partial charge is 0.440 e. The molecule has 0 bridgehead atoms. The molecule has 5 rings (SSSR count). The Morgan fingerprint density at radius 3 is 2.61 bits per heavy atom. The van der Waals surface area contributed by atoms with Crippen molar-refractivity contribution in [2.24, 2.45) is 0 Å². The summed E-state index contributed by atoms with van der Waals surface area (Å²) < 4.78 is 5.98. The summed E-state index contributed by atoms with van der Waals surface area (Å²) in [5, 5.41) is 3.30. The molecule has 4 nitrogen and oxygen atoms in total. The molecule has 0 spiro atoms. The highest BCUT2D eigenvalue weighted by atomic mass is 32.1. The molecule has 2 aromatic heterocycles. The van der Waals surface area contributed by atoms with Crippen molar-refractivity contribution in [1.82, 2.24) is 14.9 Å². The van der Waals surface area contributed by atoms with Crippen LogP contribution in [-0.2, 0) is 6.54 Å². The van der Waals surface area contributed by atoms with Gasteiger partial charge in [-0.3, -0.25) is 4.90 Å². The lowest BCUT2D eigenvalue weighted by molar-refractivity contribution is 0.192. The van der Waals surface area contributed by atoms with E-state index >= 15 is 0 Å². The maximum Gasteiger partial charge on any atom is 0.198 e. The van der Waals surface area contributed by atoms with Gasteiger partial charge in [0.25, 0.3) is 0 Å². The number of thiazole rings is 1. The van der Waals surface area contributed by atoms with E-state index in [1.54, 1.807) is 11.3 Å². The summed E-state index contributed by atoms with van der Waals surface area (Å²) in [6.07, 6.45) is 2.17. The van der Waals surface area contributed by atoms with Gasteiger partial charge in [-0.15, -0.1) is 11.3 Å². The molecule has 1 saturated heterocycles. The van der Waals surface area contributed by atoms with E-state index in [1.165, 1.54) is 16.8 Å². The summed E-state index contributed by atoms with van der Waals surface area (Å²) in [5.41, 5.74) is 5.51. The standard InChI is InChI=1S/C23H23N3OS/c1-16-6-8-18(9-7-16)23-24-19(15-28-23)14-26-12-10-17(11-13-26)22-25-20-4-2-3-5-21(20)27-22/h2-9,15,17H,10-14H2,1H3. The van der Waals surface area contributed by atoms with Gasteiger partial charge < -0.3 is 4.42 Å². The third kappa shape index (κ3) is 3.60. The summed E-state index contributed by atoms with van der Waals surface area (Å²) in [6, 6.07) is 16.6. The highest BCUT2D eigenvalue weighted by Crippen LogP contribution is 2.31. The van der Waals surface area contributed by atoms with Crippen LogP contribution in [0.3, 0.4) is 0 Å². The number of aromatic nitrogens is 2. The molecule has 1 aliphatic rings. The van der Waals surface area contributed by atoms with Gasteiger partial charge in [-0.25, -0.2) is 9.97 Å². The van der Waals surface area contributed by atoms with Gasteiger partial charge in [0.15, 0.2) is 11.5 Å². The number of nitrogens with zero attached hydrogens (tertiary/aromatic N) is 3. The summed E-state index contributed by atoms with van der Waals surface area (Å²) in [4.78, 5) is 12.0. The third-order valence-electron chi connectivity index (χ3n) is 5.48. The lowest BCUT2D eigenvalue weighted by Gasteiger charge is -2.29. The number of aryl methyl sites for hydroxylation is 1. The number of fused-ring (bicyclic) bond motifs is 1. The molecule has 1 aliphatic heterocycles. The second kappa shape index (κ2) is 7.49. The molecule has 0 amide bonds. The van der Waals surface area contributed by atoms with Crippen LogP contribution >= 0.6 is 11.3 Å². The van der Waals surface area contributed by atoms with Gasteiger partial charge in [-0.05, 0) is 45.0 Å². The normalized spacial score (nSPS) is 16.0. The lowest BCUT2D eigenvalue weighted by Crippen LogP contribution is -2.32. The van der Waals surface area contributed by atoms with Crippen LogP contribution in [0.1, 0.15) is 35.9 Å². The highest BCUT2D eigenvalue weighted by Gasteiger charge is 2.25. The minimum absolute atomic E-state index is 0.419. The molecule has 0 N–H and O–H groups in total. The molecule has 0 saturated carbocycles.